The van der Waals surface area contributed by atoms with E-state index in [9.17, 15) is 9.90 Å². The van der Waals surface area contributed by atoms with Crippen molar-refractivity contribution in [3.05, 3.63) is 29.3 Å². The van der Waals surface area contributed by atoms with E-state index in [0.717, 1.165) is 19.3 Å². The Balaban J connectivity index is 1.80. The second kappa shape index (κ2) is 4.48. The van der Waals surface area contributed by atoms with Crippen molar-refractivity contribution in [1.82, 2.24) is 4.90 Å². The van der Waals surface area contributed by atoms with Crippen LogP contribution in [0.2, 0.25) is 0 Å². The molecule has 1 aromatic rings. The van der Waals surface area contributed by atoms with Crippen LogP contribution < -0.4 is 0 Å². The number of rotatable bonds is 1. The van der Waals surface area contributed by atoms with Crippen molar-refractivity contribution in [3.63, 3.8) is 0 Å². The summed E-state index contributed by atoms with van der Waals surface area (Å²) in [7, 11) is 3.64. The average Bonchev–Trinajstić information content (AvgIpc) is 2.51. The molecule has 0 amide bonds. The average molecular weight is 301 g/mol. The number of hydrogen-bond donors (Lipinski definition) is 1. The van der Waals surface area contributed by atoms with Crippen molar-refractivity contribution in [2.75, 3.05) is 14.2 Å². The fourth-order valence-corrected chi connectivity index (χ4v) is 5.46. The van der Waals surface area contributed by atoms with Crippen LogP contribution in [0.5, 0.6) is 5.75 Å². The number of aromatic hydroxyl groups is 1. The molecule has 5 unspecified atom stereocenters. The lowest BCUT2D eigenvalue weighted by molar-refractivity contribution is -0.161. The predicted molar refractivity (Wildman–Crippen MR) is 82.7 cm³/mol. The van der Waals surface area contributed by atoms with Crippen molar-refractivity contribution < 1.29 is 14.6 Å². The summed E-state index contributed by atoms with van der Waals surface area (Å²) in [5.74, 6) is 0.709. The third kappa shape index (κ3) is 1.64. The van der Waals surface area contributed by atoms with Gasteiger partial charge in [-0.25, -0.2) is 0 Å². The summed E-state index contributed by atoms with van der Waals surface area (Å²) in [6.07, 6.45) is 2.87. The molecule has 2 saturated heterocycles. The SMILES string of the molecule is COC(=O)C1CC2C3Cc4ccc(O)cc4C2(C)CC1N3C. The molecule has 0 aromatic heterocycles. The number of phenolic OH excluding ortho intramolecular Hbond substituents is 1. The molecule has 1 N–H and O–H groups in total. The quantitative estimate of drug-likeness (QED) is 0.807. The van der Waals surface area contributed by atoms with Crippen LogP contribution in [0, 0.1) is 11.8 Å². The van der Waals surface area contributed by atoms with Gasteiger partial charge < -0.3 is 9.84 Å². The standard InChI is InChI=1S/C18H23NO3/c1-18-9-16-12(17(21)22-3)8-14(18)15(19(16)2)6-10-4-5-11(20)7-13(10)18/h4-5,7,12,14-16,20H,6,8-9H2,1-3H3. The van der Waals surface area contributed by atoms with Crippen LogP contribution in [0.3, 0.4) is 0 Å². The Morgan fingerprint density at radius 3 is 2.91 bits per heavy atom. The van der Waals surface area contributed by atoms with Gasteiger partial charge in [-0.2, -0.15) is 0 Å². The lowest BCUT2D eigenvalue weighted by Gasteiger charge is -2.63. The molecule has 2 heterocycles. The van der Waals surface area contributed by atoms with Gasteiger partial charge in [-0.1, -0.05) is 13.0 Å². The number of benzene rings is 1. The molecule has 4 bridgehead atoms. The summed E-state index contributed by atoms with van der Waals surface area (Å²) in [6, 6.07) is 6.53. The van der Waals surface area contributed by atoms with Crippen molar-refractivity contribution in [2.24, 2.45) is 11.8 Å². The molecule has 118 valence electrons. The molecule has 3 fully saturated rings. The number of hydrogen-bond acceptors (Lipinski definition) is 4. The number of fused-ring (bicyclic) bond motifs is 2. The fraction of sp³-hybridized carbons (Fsp3) is 0.611. The second-order valence-corrected chi connectivity index (χ2v) is 7.44. The maximum absolute atomic E-state index is 12.1. The highest BCUT2D eigenvalue weighted by atomic mass is 16.5. The summed E-state index contributed by atoms with van der Waals surface area (Å²) < 4.78 is 5.03. The molecule has 4 heteroatoms. The van der Waals surface area contributed by atoms with Gasteiger partial charge in [0.2, 0.25) is 0 Å². The van der Waals surface area contributed by atoms with E-state index >= 15 is 0 Å². The number of phenols is 1. The van der Waals surface area contributed by atoms with Gasteiger partial charge in [0, 0.05) is 12.1 Å². The summed E-state index contributed by atoms with van der Waals surface area (Å²) in [6.45, 7) is 2.32. The Labute approximate surface area is 131 Å². The summed E-state index contributed by atoms with van der Waals surface area (Å²) in [5, 5.41) is 9.92. The molecular weight excluding hydrogens is 278 g/mol. The molecular formula is C18H23NO3. The first kappa shape index (κ1) is 14.1. The Morgan fingerprint density at radius 2 is 2.18 bits per heavy atom. The van der Waals surface area contributed by atoms with Gasteiger partial charge in [-0.3, -0.25) is 9.69 Å². The number of ether oxygens (including phenoxy) is 1. The van der Waals surface area contributed by atoms with E-state index in [2.05, 4.69) is 24.9 Å². The van der Waals surface area contributed by atoms with E-state index in [-0.39, 0.29) is 23.3 Å². The molecule has 1 aromatic carbocycles. The van der Waals surface area contributed by atoms with Gasteiger partial charge in [0.25, 0.3) is 0 Å². The van der Waals surface area contributed by atoms with Crippen molar-refractivity contribution in [1.29, 1.82) is 0 Å². The summed E-state index contributed by atoms with van der Waals surface area (Å²) in [5.41, 5.74) is 2.69. The van der Waals surface area contributed by atoms with Gasteiger partial charge in [0.15, 0.2) is 0 Å². The number of likely N-dealkylation sites (N-methyl/N-ethyl adjacent to an activating group) is 1. The Hall–Kier alpha value is -1.55. The molecule has 4 nitrogen and oxygen atoms in total. The van der Waals surface area contributed by atoms with Crippen LogP contribution in [0.15, 0.2) is 18.2 Å². The smallest absolute Gasteiger partial charge is 0.310 e. The first-order valence-electron chi connectivity index (χ1n) is 8.08. The van der Waals surface area contributed by atoms with Gasteiger partial charge in [0.1, 0.15) is 5.75 Å². The molecule has 0 spiro atoms. The highest BCUT2D eigenvalue weighted by molar-refractivity contribution is 5.74. The maximum atomic E-state index is 12.1. The molecule has 2 aliphatic heterocycles. The summed E-state index contributed by atoms with van der Waals surface area (Å²) >= 11 is 0. The molecule has 5 atom stereocenters. The zero-order chi connectivity index (χ0) is 15.6. The molecule has 0 radical (unpaired) electrons. The fourth-order valence-electron chi connectivity index (χ4n) is 5.46. The van der Waals surface area contributed by atoms with E-state index < -0.39 is 0 Å². The third-order valence-electron chi connectivity index (χ3n) is 6.58. The van der Waals surface area contributed by atoms with E-state index in [1.165, 1.54) is 18.2 Å². The van der Waals surface area contributed by atoms with Crippen LogP contribution in [0.25, 0.3) is 0 Å². The van der Waals surface area contributed by atoms with Crippen LogP contribution in [-0.4, -0.2) is 42.2 Å². The van der Waals surface area contributed by atoms with Crippen molar-refractivity contribution in [2.45, 2.75) is 43.7 Å². The number of methoxy groups -OCH3 is 1. The van der Waals surface area contributed by atoms with Gasteiger partial charge in [-0.15, -0.1) is 0 Å². The minimum atomic E-state index is -0.0703. The largest absolute Gasteiger partial charge is 0.508 e. The lowest BCUT2D eigenvalue weighted by atomic mass is 9.50. The molecule has 1 saturated carbocycles. The van der Waals surface area contributed by atoms with E-state index in [1.54, 1.807) is 6.07 Å². The Morgan fingerprint density at radius 1 is 1.41 bits per heavy atom. The minimum absolute atomic E-state index is 0.0109. The zero-order valence-electron chi connectivity index (χ0n) is 13.4. The van der Waals surface area contributed by atoms with Gasteiger partial charge >= 0.3 is 5.97 Å². The van der Waals surface area contributed by atoms with Crippen LogP contribution in [-0.2, 0) is 21.4 Å². The molecule has 4 aliphatic rings. The van der Waals surface area contributed by atoms with E-state index in [0.29, 0.717) is 17.7 Å². The van der Waals surface area contributed by atoms with Crippen molar-refractivity contribution >= 4 is 5.97 Å². The number of esters is 1. The molecule has 2 aliphatic carbocycles. The highest BCUT2D eigenvalue weighted by Crippen LogP contribution is 2.58. The predicted octanol–water partition coefficient (Wildman–Crippen LogP) is 2.09. The lowest BCUT2D eigenvalue weighted by Crippen LogP contribution is -2.68. The van der Waals surface area contributed by atoms with E-state index in [4.69, 9.17) is 4.74 Å². The number of carbonyl (C=O) groups is 1. The summed E-state index contributed by atoms with van der Waals surface area (Å²) in [4.78, 5) is 14.5. The molecule has 5 rings (SSSR count). The number of carbonyl (C=O) groups excluding carboxylic acids is 1. The minimum Gasteiger partial charge on any atom is -0.508 e. The first-order valence-corrected chi connectivity index (χ1v) is 8.08. The molecule has 22 heavy (non-hydrogen) atoms. The third-order valence-corrected chi connectivity index (χ3v) is 6.58. The number of nitrogens with zero attached hydrogens (tertiary/aromatic N) is 1. The normalized spacial score (nSPS) is 39.4. The van der Waals surface area contributed by atoms with Crippen LogP contribution in [0.4, 0.5) is 0 Å². The van der Waals surface area contributed by atoms with E-state index in [1.807, 2.05) is 6.07 Å². The van der Waals surface area contributed by atoms with Crippen LogP contribution in [0.1, 0.15) is 30.9 Å². The van der Waals surface area contributed by atoms with Crippen LogP contribution >= 0.6 is 0 Å². The Kier molecular flexibility index (Phi) is 2.86. The monoisotopic (exact) mass is 301 g/mol. The maximum Gasteiger partial charge on any atom is 0.310 e. The zero-order valence-corrected chi connectivity index (χ0v) is 13.4. The van der Waals surface area contributed by atoms with Gasteiger partial charge in [-0.05, 0) is 60.9 Å². The van der Waals surface area contributed by atoms with Gasteiger partial charge in [0.05, 0.1) is 13.0 Å². The highest BCUT2D eigenvalue weighted by Gasteiger charge is 2.60. The van der Waals surface area contributed by atoms with Crippen molar-refractivity contribution in [3.8, 4) is 5.75 Å². The second-order valence-electron chi connectivity index (χ2n) is 7.44. The number of piperidine rings is 2. The topological polar surface area (TPSA) is 49.8 Å². The first-order chi connectivity index (χ1) is 10.5. The Bertz CT molecular complexity index is 643.